The second kappa shape index (κ2) is 7.73. The van der Waals surface area contributed by atoms with Crippen LogP contribution in [0.15, 0.2) is 48.5 Å². The van der Waals surface area contributed by atoms with Crippen LogP contribution >= 0.6 is 0 Å². The standard InChI is InChI=1S/C17H19BN2O2.C2H6/c21-18-17-12-16(7-6-14(17)13-22-18)20-10-8-19(9-11-20)15-4-2-1-3-5-15;1-2/h1-7,12,21H,8-11,13H2;1-2H3. The Morgan fingerprint density at radius 1 is 0.875 bits per heavy atom. The average molecular weight is 324 g/mol. The van der Waals surface area contributed by atoms with Crippen LogP contribution < -0.4 is 15.3 Å². The quantitative estimate of drug-likeness (QED) is 0.860. The Bertz CT molecular complexity index is 658. The molecular weight excluding hydrogens is 299 g/mol. The molecule has 1 N–H and O–H groups in total. The van der Waals surface area contributed by atoms with Gasteiger partial charge in [0.2, 0.25) is 0 Å². The van der Waals surface area contributed by atoms with Crippen molar-refractivity contribution in [2.24, 2.45) is 0 Å². The molecule has 0 saturated carbocycles. The van der Waals surface area contributed by atoms with E-state index < -0.39 is 7.12 Å². The summed E-state index contributed by atoms with van der Waals surface area (Å²) in [6.45, 7) is 8.52. The van der Waals surface area contributed by atoms with Crippen molar-refractivity contribution in [2.45, 2.75) is 20.5 Å². The average Bonchev–Trinajstić information content (AvgIpc) is 3.05. The lowest BCUT2D eigenvalue weighted by Crippen LogP contribution is -2.46. The van der Waals surface area contributed by atoms with E-state index >= 15 is 0 Å². The monoisotopic (exact) mass is 324 g/mol. The molecule has 0 unspecified atom stereocenters. The third-order valence-electron chi connectivity index (χ3n) is 4.56. The van der Waals surface area contributed by atoms with Crippen molar-refractivity contribution in [1.29, 1.82) is 0 Å². The molecule has 126 valence electrons. The van der Waals surface area contributed by atoms with Gasteiger partial charge in [-0.2, -0.15) is 0 Å². The van der Waals surface area contributed by atoms with Crippen molar-refractivity contribution in [1.82, 2.24) is 0 Å². The van der Waals surface area contributed by atoms with Crippen molar-refractivity contribution in [3.05, 3.63) is 54.1 Å². The Labute approximate surface area is 144 Å². The van der Waals surface area contributed by atoms with E-state index in [1.807, 2.05) is 13.8 Å². The Hall–Kier alpha value is -1.98. The second-order valence-corrected chi connectivity index (χ2v) is 5.86. The van der Waals surface area contributed by atoms with Gasteiger partial charge in [0, 0.05) is 37.6 Å². The first-order valence-electron chi connectivity index (χ1n) is 8.79. The molecule has 4 nitrogen and oxygen atoms in total. The Morgan fingerprint density at radius 3 is 2.17 bits per heavy atom. The van der Waals surface area contributed by atoms with Crippen LogP contribution in [-0.4, -0.2) is 38.3 Å². The lowest BCUT2D eigenvalue weighted by molar-refractivity contribution is 0.275. The van der Waals surface area contributed by atoms with Crippen LogP contribution in [0.5, 0.6) is 0 Å². The van der Waals surface area contributed by atoms with Gasteiger partial charge in [-0.25, -0.2) is 0 Å². The van der Waals surface area contributed by atoms with Crippen molar-refractivity contribution < 1.29 is 9.68 Å². The maximum absolute atomic E-state index is 9.85. The zero-order chi connectivity index (χ0) is 16.9. The number of piperazine rings is 1. The van der Waals surface area contributed by atoms with E-state index in [1.54, 1.807) is 0 Å². The van der Waals surface area contributed by atoms with E-state index in [-0.39, 0.29) is 0 Å². The van der Waals surface area contributed by atoms with Crippen LogP contribution in [-0.2, 0) is 11.3 Å². The minimum absolute atomic E-state index is 0.512. The number of nitrogens with zero attached hydrogens (tertiary/aromatic N) is 2. The SMILES string of the molecule is CC.OB1OCc2ccc(N3CCN(c4ccccc4)CC3)cc21. The van der Waals surface area contributed by atoms with Crippen molar-refractivity contribution in [3.63, 3.8) is 0 Å². The summed E-state index contributed by atoms with van der Waals surface area (Å²) in [5.74, 6) is 0. The molecule has 2 aliphatic heterocycles. The van der Waals surface area contributed by atoms with Gasteiger partial charge in [-0.15, -0.1) is 0 Å². The first-order chi connectivity index (χ1) is 11.8. The third-order valence-corrected chi connectivity index (χ3v) is 4.56. The lowest BCUT2D eigenvalue weighted by atomic mass is 9.79. The normalized spacial score (nSPS) is 16.5. The molecule has 0 aromatic heterocycles. The second-order valence-electron chi connectivity index (χ2n) is 5.86. The zero-order valence-corrected chi connectivity index (χ0v) is 14.5. The topological polar surface area (TPSA) is 35.9 Å². The van der Waals surface area contributed by atoms with Gasteiger partial charge in [0.15, 0.2) is 0 Å². The first kappa shape index (κ1) is 16.9. The molecule has 5 heteroatoms. The van der Waals surface area contributed by atoms with Gasteiger partial charge in [-0.05, 0) is 35.3 Å². The lowest BCUT2D eigenvalue weighted by Gasteiger charge is -2.37. The van der Waals surface area contributed by atoms with Gasteiger partial charge in [0.1, 0.15) is 0 Å². The summed E-state index contributed by atoms with van der Waals surface area (Å²) in [5, 5.41) is 9.85. The van der Waals surface area contributed by atoms with Crippen LogP contribution in [0.25, 0.3) is 0 Å². The summed E-state index contributed by atoms with van der Waals surface area (Å²) in [7, 11) is -0.763. The molecule has 2 aliphatic rings. The smallest absolute Gasteiger partial charge is 0.423 e. The molecule has 0 amide bonds. The highest BCUT2D eigenvalue weighted by Gasteiger charge is 2.28. The summed E-state index contributed by atoms with van der Waals surface area (Å²) in [5.41, 5.74) is 4.48. The van der Waals surface area contributed by atoms with Crippen LogP contribution in [0.3, 0.4) is 0 Å². The molecule has 4 rings (SSSR count). The van der Waals surface area contributed by atoms with E-state index in [4.69, 9.17) is 4.65 Å². The fourth-order valence-corrected chi connectivity index (χ4v) is 3.26. The van der Waals surface area contributed by atoms with Crippen LogP contribution in [0.4, 0.5) is 11.4 Å². The molecule has 2 aromatic rings. The van der Waals surface area contributed by atoms with Crippen LogP contribution in [0, 0.1) is 0 Å². The highest BCUT2D eigenvalue weighted by Crippen LogP contribution is 2.22. The van der Waals surface area contributed by atoms with E-state index in [9.17, 15) is 5.02 Å². The fraction of sp³-hybridized carbons (Fsp3) is 0.368. The minimum atomic E-state index is -0.763. The summed E-state index contributed by atoms with van der Waals surface area (Å²) in [4.78, 5) is 4.80. The van der Waals surface area contributed by atoms with E-state index in [0.29, 0.717) is 6.61 Å². The minimum Gasteiger partial charge on any atom is -0.423 e. The van der Waals surface area contributed by atoms with Gasteiger partial charge in [0.05, 0.1) is 6.61 Å². The summed E-state index contributed by atoms with van der Waals surface area (Å²) in [6.07, 6.45) is 0. The Morgan fingerprint density at radius 2 is 1.50 bits per heavy atom. The third kappa shape index (κ3) is 3.42. The molecular formula is C19H25BN2O2. The van der Waals surface area contributed by atoms with Crippen molar-refractivity contribution in [3.8, 4) is 0 Å². The summed E-state index contributed by atoms with van der Waals surface area (Å²) < 4.78 is 5.27. The van der Waals surface area contributed by atoms with Gasteiger partial charge in [-0.3, -0.25) is 0 Å². The predicted octanol–water partition coefficient (Wildman–Crippen LogP) is 2.26. The Kier molecular flexibility index (Phi) is 5.43. The highest BCUT2D eigenvalue weighted by atomic mass is 16.5. The maximum atomic E-state index is 9.85. The molecule has 1 fully saturated rings. The summed E-state index contributed by atoms with van der Waals surface area (Å²) in [6, 6.07) is 16.8. The number of fused-ring (bicyclic) bond motifs is 1. The van der Waals surface area contributed by atoms with E-state index in [0.717, 1.165) is 37.2 Å². The van der Waals surface area contributed by atoms with Crippen molar-refractivity contribution in [2.75, 3.05) is 36.0 Å². The van der Waals surface area contributed by atoms with E-state index in [2.05, 4.69) is 58.3 Å². The number of hydrogen-bond acceptors (Lipinski definition) is 4. The van der Waals surface area contributed by atoms with Gasteiger partial charge >= 0.3 is 7.12 Å². The molecule has 2 heterocycles. The molecule has 1 saturated heterocycles. The highest BCUT2D eigenvalue weighted by molar-refractivity contribution is 6.61. The Balaban J connectivity index is 0.000000815. The van der Waals surface area contributed by atoms with Crippen LogP contribution in [0.1, 0.15) is 19.4 Å². The zero-order valence-electron chi connectivity index (χ0n) is 14.5. The van der Waals surface area contributed by atoms with Gasteiger partial charge in [0.25, 0.3) is 0 Å². The molecule has 24 heavy (non-hydrogen) atoms. The first-order valence-corrected chi connectivity index (χ1v) is 8.79. The molecule has 0 atom stereocenters. The van der Waals surface area contributed by atoms with Gasteiger partial charge < -0.3 is 19.5 Å². The van der Waals surface area contributed by atoms with Gasteiger partial charge in [-0.1, -0.05) is 38.1 Å². The number of para-hydroxylation sites is 1. The molecule has 0 aliphatic carbocycles. The largest absolute Gasteiger partial charge is 0.491 e. The molecule has 2 aromatic carbocycles. The predicted molar refractivity (Wildman–Crippen MR) is 101 cm³/mol. The molecule has 0 bridgehead atoms. The van der Waals surface area contributed by atoms with Crippen LogP contribution in [0.2, 0.25) is 0 Å². The number of hydrogen-bond donors (Lipinski definition) is 1. The number of rotatable bonds is 2. The number of benzene rings is 2. The number of anilines is 2. The fourth-order valence-electron chi connectivity index (χ4n) is 3.26. The molecule has 0 radical (unpaired) electrons. The maximum Gasteiger partial charge on any atom is 0.491 e. The molecule has 0 spiro atoms. The van der Waals surface area contributed by atoms with E-state index in [1.165, 1.54) is 11.4 Å². The summed E-state index contributed by atoms with van der Waals surface area (Å²) >= 11 is 0. The van der Waals surface area contributed by atoms with Crippen molar-refractivity contribution >= 4 is 24.0 Å².